The van der Waals surface area contributed by atoms with Gasteiger partial charge in [0.05, 0.1) is 0 Å². The molecule has 172 valence electrons. The van der Waals surface area contributed by atoms with Gasteiger partial charge in [-0.15, -0.1) is 0 Å². The van der Waals surface area contributed by atoms with Crippen molar-refractivity contribution in [1.82, 2.24) is 0 Å². The molecule has 13 heteroatoms. The highest BCUT2D eigenvalue weighted by Crippen LogP contribution is 2.61. The van der Waals surface area contributed by atoms with Gasteiger partial charge in [-0.05, 0) is 11.1 Å². The molecule has 31 heavy (non-hydrogen) atoms. The van der Waals surface area contributed by atoms with Crippen molar-refractivity contribution in [2.75, 3.05) is 6.16 Å². The standard InChI is InChI=1S/C18H14F9O3P/c19-16(20,21)11-31(28,29-14(17(22,23)24)12-7-3-1-4-8-12)30-15(18(25,26)27)13-9-5-2-6-10-13/h1-10,14-15H,11H2. The Labute approximate surface area is 170 Å². The topological polar surface area (TPSA) is 35.5 Å². The second-order valence-electron chi connectivity index (χ2n) is 6.26. The number of rotatable bonds is 7. The second kappa shape index (κ2) is 9.22. The molecule has 2 aromatic carbocycles. The molecule has 2 atom stereocenters. The number of hydrogen-bond donors (Lipinski definition) is 0. The van der Waals surface area contributed by atoms with Crippen LogP contribution in [0.4, 0.5) is 39.5 Å². The molecule has 0 spiro atoms. The zero-order chi connectivity index (χ0) is 23.5. The van der Waals surface area contributed by atoms with Gasteiger partial charge < -0.3 is 0 Å². The molecule has 3 nitrogen and oxygen atoms in total. The molecule has 0 aliphatic carbocycles. The van der Waals surface area contributed by atoms with Crippen LogP contribution in [0.5, 0.6) is 0 Å². The summed E-state index contributed by atoms with van der Waals surface area (Å²) in [6.07, 6.45) is -25.3. The molecule has 2 unspecified atom stereocenters. The first-order chi connectivity index (χ1) is 14.1. The lowest BCUT2D eigenvalue weighted by atomic mass is 10.1. The normalized spacial score (nSPS) is 17.1. The van der Waals surface area contributed by atoms with Crippen molar-refractivity contribution in [2.24, 2.45) is 0 Å². The maximum Gasteiger partial charge on any atom is 0.419 e. The molecule has 0 bridgehead atoms. The Hall–Kier alpha value is -2.04. The van der Waals surface area contributed by atoms with Crippen molar-refractivity contribution in [3.8, 4) is 0 Å². The molecular formula is C18H14F9O3P. The van der Waals surface area contributed by atoms with Crippen LogP contribution in [0.15, 0.2) is 60.7 Å². The van der Waals surface area contributed by atoms with Gasteiger partial charge in [0.2, 0.25) is 0 Å². The monoisotopic (exact) mass is 480 g/mol. The van der Waals surface area contributed by atoms with Crippen molar-refractivity contribution in [3.63, 3.8) is 0 Å². The molecule has 0 fully saturated rings. The van der Waals surface area contributed by atoms with E-state index in [9.17, 15) is 44.1 Å². The molecule has 0 aliphatic rings. The van der Waals surface area contributed by atoms with Gasteiger partial charge in [0.1, 0.15) is 6.16 Å². The van der Waals surface area contributed by atoms with E-state index in [0.717, 1.165) is 48.5 Å². The summed E-state index contributed by atoms with van der Waals surface area (Å²) < 4.78 is 141. The fourth-order valence-corrected chi connectivity index (χ4v) is 4.28. The van der Waals surface area contributed by atoms with Crippen LogP contribution < -0.4 is 0 Å². The lowest BCUT2D eigenvalue weighted by molar-refractivity contribution is -0.216. The predicted molar refractivity (Wildman–Crippen MR) is 91.2 cm³/mol. The molecule has 0 aliphatic heterocycles. The fourth-order valence-electron chi connectivity index (χ4n) is 2.52. The van der Waals surface area contributed by atoms with E-state index in [1.54, 1.807) is 0 Å². The van der Waals surface area contributed by atoms with Crippen LogP contribution in [0.25, 0.3) is 0 Å². The summed E-state index contributed by atoms with van der Waals surface area (Å²) in [5.41, 5.74) is -1.52. The summed E-state index contributed by atoms with van der Waals surface area (Å²) in [4.78, 5) is 0. The van der Waals surface area contributed by atoms with Crippen LogP contribution in [0.3, 0.4) is 0 Å². The van der Waals surface area contributed by atoms with Crippen molar-refractivity contribution >= 4 is 7.60 Å². The number of halogens is 9. The van der Waals surface area contributed by atoms with Gasteiger partial charge >= 0.3 is 26.1 Å². The van der Waals surface area contributed by atoms with E-state index in [1.165, 1.54) is 12.1 Å². The fraction of sp³-hybridized carbons (Fsp3) is 0.333. The van der Waals surface area contributed by atoms with E-state index in [4.69, 9.17) is 0 Å². The van der Waals surface area contributed by atoms with Gasteiger partial charge in [-0.2, -0.15) is 39.5 Å². The first-order valence-electron chi connectivity index (χ1n) is 8.37. The Bertz CT molecular complexity index is 817. The Morgan fingerprint density at radius 2 is 0.968 bits per heavy atom. The third-order valence-corrected chi connectivity index (χ3v) is 5.51. The van der Waals surface area contributed by atoms with Crippen molar-refractivity contribution in [1.29, 1.82) is 0 Å². The second-order valence-corrected chi connectivity index (χ2v) is 8.22. The quantitative estimate of drug-likeness (QED) is 0.307. The summed E-state index contributed by atoms with van der Waals surface area (Å²) >= 11 is 0. The zero-order valence-corrected chi connectivity index (χ0v) is 16.1. The minimum Gasteiger partial charge on any atom is -0.290 e. The van der Waals surface area contributed by atoms with Gasteiger partial charge in [-0.25, -0.2) is 0 Å². The molecular weight excluding hydrogens is 466 g/mol. The molecule has 2 rings (SSSR count). The molecule has 0 aromatic heterocycles. The van der Waals surface area contributed by atoms with Gasteiger partial charge in [-0.1, -0.05) is 60.7 Å². The summed E-state index contributed by atoms with van der Waals surface area (Å²) in [7, 11) is -6.04. The van der Waals surface area contributed by atoms with Crippen molar-refractivity contribution in [3.05, 3.63) is 71.8 Å². The van der Waals surface area contributed by atoms with Crippen LogP contribution in [-0.2, 0) is 13.6 Å². The van der Waals surface area contributed by atoms with Gasteiger partial charge in [0.25, 0.3) is 0 Å². The maximum atomic E-state index is 13.5. The highest BCUT2D eigenvalue weighted by Gasteiger charge is 2.54. The smallest absolute Gasteiger partial charge is 0.290 e. The van der Waals surface area contributed by atoms with Crippen LogP contribution >= 0.6 is 7.60 Å². The third-order valence-electron chi connectivity index (χ3n) is 3.70. The Morgan fingerprint density at radius 3 is 1.23 bits per heavy atom. The molecule has 0 heterocycles. The van der Waals surface area contributed by atoms with E-state index >= 15 is 0 Å². The van der Waals surface area contributed by atoms with Crippen LogP contribution in [0, 0.1) is 0 Å². The van der Waals surface area contributed by atoms with Gasteiger partial charge in [0, 0.05) is 0 Å². The maximum absolute atomic E-state index is 13.5. The average molecular weight is 480 g/mol. The molecule has 0 saturated carbocycles. The summed E-state index contributed by atoms with van der Waals surface area (Å²) in [5, 5.41) is 0. The lowest BCUT2D eigenvalue weighted by Gasteiger charge is -2.30. The Balaban J connectivity index is 2.51. The van der Waals surface area contributed by atoms with Crippen LogP contribution in [-0.4, -0.2) is 24.7 Å². The number of benzene rings is 2. The third kappa shape index (κ3) is 7.55. The van der Waals surface area contributed by atoms with E-state index in [0.29, 0.717) is 0 Å². The highest BCUT2D eigenvalue weighted by atomic mass is 31.2. The van der Waals surface area contributed by atoms with E-state index in [1.807, 2.05) is 0 Å². The highest BCUT2D eigenvalue weighted by molar-refractivity contribution is 7.53. The van der Waals surface area contributed by atoms with E-state index < -0.39 is 55.6 Å². The largest absolute Gasteiger partial charge is 0.419 e. The van der Waals surface area contributed by atoms with Crippen LogP contribution in [0.2, 0.25) is 0 Å². The first kappa shape index (κ1) is 25.2. The molecule has 2 aromatic rings. The number of alkyl halides is 9. The number of hydrogen-bond acceptors (Lipinski definition) is 3. The lowest BCUT2D eigenvalue weighted by Crippen LogP contribution is -2.29. The minimum absolute atomic E-state index is 0.760. The van der Waals surface area contributed by atoms with Gasteiger partial charge in [-0.3, -0.25) is 13.6 Å². The summed E-state index contributed by atoms with van der Waals surface area (Å²) in [6.45, 7) is 0. The summed E-state index contributed by atoms with van der Waals surface area (Å²) in [5.74, 6) is 0. The summed E-state index contributed by atoms with van der Waals surface area (Å²) in [6, 6.07) is 10.2. The SMILES string of the molecule is O=P(CC(F)(F)F)(OC(c1ccccc1)C(F)(F)F)OC(c1ccccc1)C(F)(F)F. The average Bonchev–Trinajstić information content (AvgIpc) is 2.63. The minimum atomic E-state index is -6.04. The van der Waals surface area contributed by atoms with E-state index in [2.05, 4.69) is 9.05 Å². The van der Waals surface area contributed by atoms with Gasteiger partial charge in [0.15, 0.2) is 12.2 Å². The Morgan fingerprint density at radius 1 is 0.645 bits per heavy atom. The molecule has 0 radical (unpaired) electrons. The van der Waals surface area contributed by atoms with Crippen molar-refractivity contribution in [2.45, 2.75) is 30.7 Å². The molecule has 0 N–H and O–H groups in total. The molecule has 0 saturated heterocycles. The zero-order valence-electron chi connectivity index (χ0n) is 15.2. The predicted octanol–water partition coefficient (Wildman–Crippen LogP) is 7.38. The first-order valence-corrected chi connectivity index (χ1v) is 10.1. The molecule has 0 amide bonds. The van der Waals surface area contributed by atoms with E-state index in [-0.39, 0.29) is 0 Å². The Kier molecular flexibility index (Phi) is 7.50. The van der Waals surface area contributed by atoms with Crippen LogP contribution in [0.1, 0.15) is 23.3 Å². The van der Waals surface area contributed by atoms with Crippen molar-refractivity contribution < 1.29 is 53.1 Å².